The van der Waals surface area contributed by atoms with E-state index >= 15 is 0 Å². The van der Waals surface area contributed by atoms with E-state index in [1.165, 1.54) is 0 Å². The van der Waals surface area contributed by atoms with Crippen molar-refractivity contribution in [3.8, 4) is 16.9 Å². The maximum Gasteiger partial charge on any atom is 0.230 e. The molecule has 1 heterocycles. The molecule has 2 N–H and O–H groups in total. The predicted molar refractivity (Wildman–Crippen MR) is 57.9 cm³/mol. The zero-order chi connectivity index (χ0) is 10.8. The lowest BCUT2D eigenvalue weighted by Crippen LogP contribution is -1.90. The molecule has 2 rings (SSSR count). The summed E-state index contributed by atoms with van der Waals surface area (Å²) in [6.07, 6.45) is 1.54. The van der Waals surface area contributed by atoms with Crippen molar-refractivity contribution in [2.75, 3.05) is 12.8 Å². The third-order valence-electron chi connectivity index (χ3n) is 2.05. The van der Waals surface area contributed by atoms with E-state index in [2.05, 4.69) is 5.16 Å². The van der Waals surface area contributed by atoms with E-state index in [0.717, 1.165) is 5.56 Å². The minimum atomic E-state index is 0.260. The van der Waals surface area contributed by atoms with E-state index in [1.807, 2.05) is 6.07 Å². The van der Waals surface area contributed by atoms with Crippen LogP contribution < -0.4 is 10.5 Å². The topological polar surface area (TPSA) is 61.3 Å². The van der Waals surface area contributed by atoms with E-state index in [4.69, 9.17) is 26.6 Å². The first kappa shape index (κ1) is 9.86. The molecular formula is C10H9ClN2O2. The van der Waals surface area contributed by atoms with Crippen LogP contribution in [0.4, 0.5) is 5.88 Å². The van der Waals surface area contributed by atoms with Gasteiger partial charge in [-0.3, -0.25) is 0 Å². The summed E-state index contributed by atoms with van der Waals surface area (Å²) in [4.78, 5) is 0. The highest BCUT2D eigenvalue weighted by atomic mass is 35.5. The molecule has 78 valence electrons. The van der Waals surface area contributed by atoms with Gasteiger partial charge >= 0.3 is 0 Å². The lowest BCUT2D eigenvalue weighted by Gasteiger charge is -2.06. The van der Waals surface area contributed by atoms with Crippen LogP contribution in [0.15, 0.2) is 28.9 Å². The molecule has 0 saturated heterocycles. The molecule has 5 heteroatoms. The van der Waals surface area contributed by atoms with Crippen LogP contribution in [0, 0.1) is 0 Å². The summed E-state index contributed by atoms with van der Waals surface area (Å²) in [5.74, 6) is 0.896. The van der Waals surface area contributed by atoms with Crippen molar-refractivity contribution in [1.82, 2.24) is 5.16 Å². The summed E-state index contributed by atoms with van der Waals surface area (Å²) in [6, 6.07) is 5.28. The van der Waals surface area contributed by atoms with Gasteiger partial charge in [-0.1, -0.05) is 16.8 Å². The quantitative estimate of drug-likeness (QED) is 0.852. The lowest BCUT2D eigenvalue weighted by atomic mass is 10.1. The van der Waals surface area contributed by atoms with Gasteiger partial charge in [0.2, 0.25) is 5.88 Å². The second-order valence-electron chi connectivity index (χ2n) is 2.95. The number of ether oxygens (including phenoxy) is 1. The third-order valence-corrected chi connectivity index (χ3v) is 2.29. The van der Waals surface area contributed by atoms with Gasteiger partial charge in [0, 0.05) is 10.6 Å². The maximum absolute atomic E-state index is 5.85. The average molecular weight is 225 g/mol. The predicted octanol–water partition coefficient (Wildman–Crippen LogP) is 2.59. The zero-order valence-electron chi connectivity index (χ0n) is 8.03. The monoisotopic (exact) mass is 224 g/mol. The van der Waals surface area contributed by atoms with Crippen molar-refractivity contribution in [3.05, 3.63) is 29.4 Å². The minimum absolute atomic E-state index is 0.260. The van der Waals surface area contributed by atoms with Gasteiger partial charge in [-0.05, 0) is 18.2 Å². The molecule has 0 bridgehead atoms. The van der Waals surface area contributed by atoms with Crippen LogP contribution in [0.25, 0.3) is 11.1 Å². The summed E-state index contributed by atoms with van der Waals surface area (Å²) in [7, 11) is 1.57. The summed E-state index contributed by atoms with van der Waals surface area (Å²) < 4.78 is 9.98. The van der Waals surface area contributed by atoms with Crippen LogP contribution in [-0.4, -0.2) is 12.3 Å². The highest BCUT2D eigenvalue weighted by molar-refractivity contribution is 6.30. The van der Waals surface area contributed by atoms with Crippen molar-refractivity contribution >= 4 is 17.5 Å². The van der Waals surface area contributed by atoms with Crippen molar-refractivity contribution in [3.63, 3.8) is 0 Å². The van der Waals surface area contributed by atoms with Crippen LogP contribution in [0.2, 0.25) is 5.02 Å². The van der Waals surface area contributed by atoms with Crippen LogP contribution in [0.5, 0.6) is 5.75 Å². The first-order valence-electron chi connectivity index (χ1n) is 4.26. The number of hydrogen-bond acceptors (Lipinski definition) is 4. The molecule has 0 radical (unpaired) electrons. The van der Waals surface area contributed by atoms with Crippen LogP contribution in [0.1, 0.15) is 0 Å². The molecule has 1 aromatic heterocycles. The summed E-state index contributed by atoms with van der Waals surface area (Å²) >= 11 is 5.85. The Morgan fingerprint density at radius 2 is 2.20 bits per heavy atom. The van der Waals surface area contributed by atoms with Crippen molar-refractivity contribution in [2.24, 2.45) is 0 Å². The normalized spacial score (nSPS) is 10.3. The molecule has 0 amide bonds. The summed E-state index contributed by atoms with van der Waals surface area (Å²) in [5, 5.41) is 4.21. The summed E-state index contributed by atoms with van der Waals surface area (Å²) in [5.41, 5.74) is 7.12. The van der Waals surface area contributed by atoms with E-state index < -0.39 is 0 Å². The number of nitrogen functional groups attached to an aromatic ring is 1. The number of benzene rings is 1. The molecule has 0 saturated carbocycles. The Balaban J connectivity index is 2.58. The van der Waals surface area contributed by atoms with Gasteiger partial charge in [0.05, 0.1) is 18.9 Å². The highest BCUT2D eigenvalue weighted by Gasteiger charge is 2.12. The maximum atomic E-state index is 5.85. The smallest absolute Gasteiger partial charge is 0.230 e. The number of nitrogens with two attached hydrogens (primary N) is 1. The van der Waals surface area contributed by atoms with Gasteiger partial charge in [0.15, 0.2) is 0 Å². The van der Waals surface area contributed by atoms with Crippen molar-refractivity contribution in [2.45, 2.75) is 0 Å². The number of hydrogen-bond donors (Lipinski definition) is 1. The first-order valence-corrected chi connectivity index (χ1v) is 4.64. The Labute approximate surface area is 91.6 Å². The second-order valence-corrected chi connectivity index (χ2v) is 3.38. The average Bonchev–Trinajstić information content (AvgIpc) is 2.64. The second kappa shape index (κ2) is 3.82. The molecule has 0 spiro atoms. The molecule has 4 nitrogen and oxygen atoms in total. The Morgan fingerprint density at radius 1 is 1.40 bits per heavy atom. The molecule has 0 fully saturated rings. The standard InChI is InChI=1S/C10H9ClN2O2/c1-14-9-4-6(11)2-3-7(9)8-5-13-15-10(8)12/h2-5H,12H2,1H3. The van der Waals surface area contributed by atoms with Crippen LogP contribution >= 0.6 is 11.6 Å². The summed E-state index contributed by atoms with van der Waals surface area (Å²) in [6.45, 7) is 0. The SMILES string of the molecule is COc1cc(Cl)ccc1-c1cnoc1N. The third kappa shape index (κ3) is 1.76. The molecule has 0 aliphatic carbocycles. The number of halogens is 1. The van der Waals surface area contributed by atoms with E-state index in [1.54, 1.807) is 25.4 Å². The fraction of sp³-hybridized carbons (Fsp3) is 0.100. The number of anilines is 1. The number of nitrogens with zero attached hydrogens (tertiary/aromatic N) is 1. The number of rotatable bonds is 2. The van der Waals surface area contributed by atoms with Gasteiger partial charge in [0.1, 0.15) is 5.75 Å². The minimum Gasteiger partial charge on any atom is -0.496 e. The molecule has 1 aromatic carbocycles. The van der Waals surface area contributed by atoms with Gasteiger partial charge in [-0.25, -0.2) is 0 Å². The highest BCUT2D eigenvalue weighted by Crippen LogP contribution is 2.35. The van der Waals surface area contributed by atoms with E-state index in [9.17, 15) is 0 Å². The first-order chi connectivity index (χ1) is 7.22. The Kier molecular flexibility index (Phi) is 2.51. The number of methoxy groups -OCH3 is 1. The molecular weight excluding hydrogens is 216 g/mol. The number of aromatic nitrogens is 1. The van der Waals surface area contributed by atoms with Gasteiger partial charge < -0.3 is 15.0 Å². The molecule has 0 unspecified atom stereocenters. The molecule has 0 aliphatic heterocycles. The Bertz CT molecular complexity index is 482. The Morgan fingerprint density at radius 3 is 2.80 bits per heavy atom. The van der Waals surface area contributed by atoms with Gasteiger partial charge in [-0.2, -0.15) is 0 Å². The van der Waals surface area contributed by atoms with Crippen LogP contribution in [0.3, 0.4) is 0 Å². The fourth-order valence-corrected chi connectivity index (χ4v) is 1.50. The van der Waals surface area contributed by atoms with E-state index in [-0.39, 0.29) is 5.88 Å². The molecule has 0 atom stereocenters. The van der Waals surface area contributed by atoms with Gasteiger partial charge in [-0.15, -0.1) is 0 Å². The fourth-order valence-electron chi connectivity index (χ4n) is 1.34. The van der Waals surface area contributed by atoms with Gasteiger partial charge in [0.25, 0.3) is 0 Å². The van der Waals surface area contributed by atoms with E-state index in [0.29, 0.717) is 16.3 Å². The Hall–Kier alpha value is -1.68. The largest absolute Gasteiger partial charge is 0.496 e. The lowest BCUT2D eigenvalue weighted by molar-refractivity contribution is 0.416. The van der Waals surface area contributed by atoms with Crippen LogP contribution in [-0.2, 0) is 0 Å². The molecule has 0 aliphatic rings. The molecule has 2 aromatic rings. The molecule has 15 heavy (non-hydrogen) atoms. The van der Waals surface area contributed by atoms with Crippen molar-refractivity contribution < 1.29 is 9.26 Å². The zero-order valence-corrected chi connectivity index (χ0v) is 8.78. The van der Waals surface area contributed by atoms with Crippen molar-refractivity contribution in [1.29, 1.82) is 0 Å².